The molecule has 0 saturated heterocycles. The van der Waals surface area contributed by atoms with E-state index in [9.17, 15) is 22.4 Å². The Kier molecular flexibility index (Phi) is 5.32. The topological polar surface area (TPSA) is 61.5 Å². The Labute approximate surface area is 112 Å². The van der Waals surface area contributed by atoms with Crippen molar-refractivity contribution in [3.63, 3.8) is 0 Å². The fraction of sp³-hybridized carbons (Fsp3) is 0.417. The van der Waals surface area contributed by atoms with E-state index < -0.39 is 30.3 Å². The molecule has 0 heterocycles. The third kappa shape index (κ3) is 4.37. The highest BCUT2D eigenvalue weighted by atomic mass is 19.3. The Morgan fingerprint density at radius 3 is 2.30 bits per heavy atom. The van der Waals surface area contributed by atoms with Gasteiger partial charge in [0.25, 0.3) is 0 Å². The lowest BCUT2D eigenvalue weighted by Gasteiger charge is -2.17. The largest absolute Gasteiger partial charge is 0.469 e. The van der Waals surface area contributed by atoms with Crippen LogP contribution in [0, 0.1) is 0 Å². The van der Waals surface area contributed by atoms with Gasteiger partial charge in [0.15, 0.2) is 0 Å². The summed E-state index contributed by atoms with van der Waals surface area (Å²) in [6, 6.07) is 4.08. The van der Waals surface area contributed by atoms with Gasteiger partial charge in [0, 0.05) is 6.04 Å². The first kappa shape index (κ1) is 16.2. The van der Waals surface area contributed by atoms with Crippen LogP contribution in [0.2, 0.25) is 0 Å². The molecule has 1 aromatic rings. The number of carbonyl (C=O) groups excluding carboxylic acids is 1. The van der Waals surface area contributed by atoms with E-state index in [1.54, 1.807) is 0 Å². The van der Waals surface area contributed by atoms with E-state index in [1.165, 1.54) is 19.2 Å². The second kappa shape index (κ2) is 6.56. The molecular formula is C12H13F4NO3. The van der Waals surface area contributed by atoms with E-state index in [4.69, 9.17) is 5.73 Å². The maximum Gasteiger partial charge on any atom is 0.461 e. The van der Waals surface area contributed by atoms with Crippen LogP contribution in [0.4, 0.5) is 17.6 Å². The average Bonchev–Trinajstić information content (AvgIpc) is 2.38. The van der Waals surface area contributed by atoms with Crippen molar-refractivity contribution in [3.05, 3.63) is 29.8 Å². The first-order valence-electron chi connectivity index (χ1n) is 5.53. The highest BCUT2D eigenvalue weighted by Gasteiger charge is 2.43. The van der Waals surface area contributed by atoms with Gasteiger partial charge in [-0.05, 0) is 17.7 Å². The Hall–Kier alpha value is -1.83. The number of benzene rings is 1. The third-order valence-electron chi connectivity index (χ3n) is 2.43. The molecule has 0 aliphatic heterocycles. The quantitative estimate of drug-likeness (QED) is 0.647. The van der Waals surface area contributed by atoms with E-state index in [1.807, 2.05) is 0 Å². The third-order valence-corrected chi connectivity index (χ3v) is 2.43. The van der Waals surface area contributed by atoms with Crippen molar-refractivity contribution in [3.8, 4) is 5.75 Å². The molecule has 0 aromatic heterocycles. The van der Waals surface area contributed by atoms with Crippen molar-refractivity contribution in [1.82, 2.24) is 0 Å². The highest BCUT2D eigenvalue weighted by molar-refractivity contribution is 5.70. The first-order valence-corrected chi connectivity index (χ1v) is 5.53. The average molecular weight is 295 g/mol. The molecule has 0 aliphatic carbocycles. The zero-order chi connectivity index (χ0) is 15.3. The van der Waals surface area contributed by atoms with Crippen LogP contribution in [0.25, 0.3) is 0 Å². The molecular weight excluding hydrogens is 282 g/mol. The number of methoxy groups -OCH3 is 1. The molecule has 1 atom stereocenters. The van der Waals surface area contributed by atoms with Crippen molar-refractivity contribution in [1.29, 1.82) is 0 Å². The number of nitrogens with two attached hydrogens (primary N) is 1. The van der Waals surface area contributed by atoms with E-state index in [0.717, 1.165) is 12.1 Å². The number of esters is 1. The number of rotatable bonds is 6. The standard InChI is InChI=1S/C12H13F4NO3/c1-19-10(18)6-9(17)7-2-4-8(5-3-7)20-12(15,16)11(13)14/h2-5,9,11H,6,17H2,1H3/t9-/m0/s1. The van der Waals surface area contributed by atoms with Gasteiger partial charge >= 0.3 is 18.5 Å². The summed E-state index contributed by atoms with van der Waals surface area (Å²) < 4.78 is 57.5. The van der Waals surface area contributed by atoms with Crippen LogP contribution in [0.1, 0.15) is 18.0 Å². The van der Waals surface area contributed by atoms with Gasteiger partial charge in [-0.15, -0.1) is 0 Å². The molecule has 1 aromatic carbocycles. The zero-order valence-electron chi connectivity index (χ0n) is 10.5. The van der Waals surface area contributed by atoms with Crippen molar-refractivity contribution < 1.29 is 31.8 Å². The monoisotopic (exact) mass is 295 g/mol. The van der Waals surface area contributed by atoms with Gasteiger partial charge in [-0.3, -0.25) is 4.79 Å². The number of hydrogen-bond acceptors (Lipinski definition) is 4. The molecule has 4 nitrogen and oxygen atoms in total. The molecule has 0 aliphatic rings. The minimum Gasteiger partial charge on any atom is -0.469 e. The molecule has 1 rings (SSSR count). The molecule has 8 heteroatoms. The molecule has 0 amide bonds. The van der Waals surface area contributed by atoms with Gasteiger partial charge in [-0.2, -0.15) is 17.6 Å². The van der Waals surface area contributed by atoms with Crippen LogP contribution in [0.3, 0.4) is 0 Å². The molecule has 0 radical (unpaired) electrons. The van der Waals surface area contributed by atoms with Gasteiger partial charge in [-0.25, -0.2) is 0 Å². The summed E-state index contributed by atoms with van der Waals surface area (Å²) in [6.45, 7) is 0. The molecule has 0 unspecified atom stereocenters. The second-order valence-electron chi connectivity index (χ2n) is 3.92. The summed E-state index contributed by atoms with van der Waals surface area (Å²) in [7, 11) is 1.21. The Bertz CT molecular complexity index is 451. The Morgan fingerprint density at radius 2 is 1.85 bits per heavy atom. The van der Waals surface area contributed by atoms with Gasteiger partial charge in [-0.1, -0.05) is 12.1 Å². The van der Waals surface area contributed by atoms with Crippen LogP contribution in [-0.4, -0.2) is 25.6 Å². The lowest BCUT2D eigenvalue weighted by atomic mass is 10.0. The summed E-state index contributed by atoms with van der Waals surface area (Å²) in [5.41, 5.74) is 6.15. The molecule has 0 spiro atoms. The predicted molar refractivity (Wildman–Crippen MR) is 61.6 cm³/mol. The summed E-state index contributed by atoms with van der Waals surface area (Å²) in [5.74, 6) is -0.952. The second-order valence-corrected chi connectivity index (χ2v) is 3.92. The van der Waals surface area contributed by atoms with Gasteiger partial charge in [0.1, 0.15) is 5.75 Å². The van der Waals surface area contributed by atoms with Crippen LogP contribution in [0.5, 0.6) is 5.75 Å². The summed E-state index contributed by atoms with van der Waals surface area (Å²) >= 11 is 0. The summed E-state index contributed by atoms with van der Waals surface area (Å²) in [5, 5.41) is 0. The van der Waals surface area contributed by atoms with E-state index in [-0.39, 0.29) is 6.42 Å². The van der Waals surface area contributed by atoms with Crippen molar-refractivity contribution >= 4 is 5.97 Å². The predicted octanol–water partition coefficient (Wildman–Crippen LogP) is 2.49. The smallest absolute Gasteiger partial charge is 0.461 e. The van der Waals surface area contributed by atoms with E-state index in [2.05, 4.69) is 9.47 Å². The van der Waals surface area contributed by atoms with Crippen molar-refractivity contribution in [2.24, 2.45) is 5.73 Å². The van der Waals surface area contributed by atoms with E-state index in [0.29, 0.717) is 5.56 Å². The van der Waals surface area contributed by atoms with E-state index >= 15 is 0 Å². The van der Waals surface area contributed by atoms with Crippen molar-refractivity contribution in [2.75, 3.05) is 7.11 Å². The maximum atomic E-state index is 12.7. The van der Waals surface area contributed by atoms with Crippen LogP contribution in [-0.2, 0) is 9.53 Å². The maximum absolute atomic E-state index is 12.7. The zero-order valence-corrected chi connectivity index (χ0v) is 10.5. The number of hydrogen-bond donors (Lipinski definition) is 1. The summed E-state index contributed by atoms with van der Waals surface area (Å²) in [4.78, 5) is 11.0. The van der Waals surface area contributed by atoms with Crippen molar-refractivity contribution in [2.45, 2.75) is 25.0 Å². The fourth-order valence-corrected chi connectivity index (χ4v) is 1.37. The number of carbonyl (C=O) groups is 1. The van der Waals surface area contributed by atoms with Crippen LogP contribution < -0.4 is 10.5 Å². The number of halogens is 4. The fourth-order valence-electron chi connectivity index (χ4n) is 1.37. The molecule has 20 heavy (non-hydrogen) atoms. The Morgan fingerprint density at radius 1 is 1.30 bits per heavy atom. The summed E-state index contributed by atoms with van der Waals surface area (Å²) in [6.07, 6.45) is -8.58. The number of alkyl halides is 4. The SMILES string of the molecule is COC(=O)C[C@H](N)c1ccc(OC(F)(F)C(F)F)cc1. The van der Waals surface area contributed by atoms with Gasteiger partial charge < -0.3 is 15.2 Å². The molecule has 0 saturated carbocycles. The first-order chi connectivity index (χ1) is 9.26. The molecule has 2 N–H and O–H groups in total. The van der Waals surface area contributed by atoms with Crippen LogP contribution >= 0.6 is 0 Å². The normalized spacial score (nSPS) is 13.2. The minimum atomic E-state index is -4.56. The van der Waals surface area contributed by atoms with Gasteiger partial charge in [0.2, 0.25) is 0 Å². The number of ether oxygens (including phenoxy) is 2. The molecule has 0 bridgehead atoms. The lowest BCUT2D eigenvalue weighted by molar-refractivity contribution is -0.253. The lowest BCUT2D eigenvalue weighted by Crippen LogP contribution is -2.33. The minimum absolute atomic E-state index is 0.0934. The molecule has 0 fully saturated rings. The van der Waals surface area contributed by atoms with Crippen LogP contribution in [0.15, 0.2) is 24.3 Å². The Balaban J connectivity index is 2.71. The van der Waals surface area contributed by atoms with Gasteiger partial charge in [0.05, 0.1) is 13.5 Å². The highest BCUT2D eigenvalue weighted by Crippen LogP contribution is 2.28. The molecule has 112 valence electrons.